The molecule has 0 N–H and O–H groups in total. The average Bonchev–Trinajstić information content (AvgIpc) is 3.03. The van der Waals surface area contributed by atoms with Gasteiger partial charge in [-0.25, -0.2) is 9.97 Å². The van der Waals surface area contributed by atoms with E-state index in [0.717, 1.165) is 44.0 Å². The molecule has 0 unspecified atom stereocenters. The molecule has 0 aromatic carbocycles. The van der Waals surface area contributed by atoms with Crippen LogP contribution in [-0.4, -0.2) is 57.4 Å². The van der Waals surface area contributed by atoms with Crippen LogP contribution in [0.3, 0.4) is 0 Å². The molecule has 7 heteroatoms. The zero-order chi connectivity index (χ0) is 15.7. The second-order valence-corrected chi connectivity index (χ2v) is 6.90. The number of hydrogen-bond donors (Lipinski definition) is 0. The van der Waals surface area contributed by atoms with Crippen molar-refractivity contribution in [3.8, 4) is 0 Å². The van der Waals surface area contributed by atoms with E-state index in [-0.39, 0.29) is 5.91 Å². The molecule has 1 amide bonds. The maximum absolute atomic E-state index is 12.0. The third kappa shape index (κ3) is 3.05. The molecule has 0 radical (unpaired) electrons. The van der Waals surface area contributed by atoms with Crippen LogP contribution in [0.15, 0.2) is 12.4 Å². The first-order chi connectivity index (χ1) is 10.5. The summed E-state index contributed by atoms with van der Waals surface area (Å²) in [5.41, 5.74) is 1.09. The second-order valence-electron chi connectivity index (χ2n) is 5.82. The molecule has 1 aliphatic rings. The largest absolute Gasteiger partial charge is 0.343 e. The maximum Gasteiger partial charge on any atom is 0.282 e. The first-order valence-corrected chi connectivity index (χ1v) is 8.25. The molecule has 2 aromatic heterocycles. The van der Waals surface area contributed by atoms with E-state index in [0.29, 0.717) is 5.01 Å². The van der Waals surface area contributed by atoms with Gasteiger partial charge in [-0.1, -0.05) is 0 Å². The fraction of sp³-hybridized carbons (Fsp3) is 0.533. The van der Waals surface area contributed by atoms with E-state index in [4.69, 9.17) is 0 Å². The Kier molecular flexibility index (Phi) is 4.26. The van der Waals surface area contributed by atoms with E-state index in [1.165, 1.54) is 4.88 Å². The van der Waals surface area contributed by atoms with Gasteiger partial charge in [0, 0.05) is 57.9 Å². The molecule has 118 valence electrons. The van der Waals surface area contributed by atoms with Gasteiger partial charge in [0.1, 0.15) is 5.82 Å². The highest BCUT2D eigenvalue weighted by molar-refractivity contribution is 7.13. The van der Waals surface area contributed by atoms with Gasteiger partial charge in [-0.05, 0) is 6.42 Å². The summed E-state index contributed by atoms with van der Waals surface area (Å²) in [7, 11) is 5.56. The minimum absolute atomic E-state index is 0.00272. The summed E-state index contributed by atoms with van der Waals surface area (Å²) < 4.78 is 2.06. The molecule has 0 bridgehead atoms. The zero-order valence-corrected chi connectivity index (χ0v) is 14.1. The Labute approximate surface area is 134 Å². The van der Waals surface area contributed by atoms with Crippen molar-refractivity contribution in [2.45, 2.75) is 19.4 Å². The predicted octanol–water partition coefficient (Wildman–Crippen LogP) is 1.18. The number of amides is 1. The lowest BCUT2D eigenvalue weighted by atomic mass is 10.2. The van der Waals surface area contributed by atoms with Crippen molar-refractivity contribution in [3.05, 3.63) is 33.8 Å². The van der Waals surface area contributed by atoms with Gasteiger partial charge < -0.3 is 9.47 Å². The number of carbonyl (C=O) groups is 1. The first kappa shape index (κ1) is 15.2. The molecule has 0 saturated heterocycles. The lowest BCUT2D eigenvalue weighted by molar-refractivity contribution is 0.0827. The van der Waals surface area contributed by atoms with E-state index in [9.17, 15) is 4.79 Å². The van der Waals surface area contributed by atoms with Gasteiger partial charge in [-0.15, -0.1) is 11.3 Å². The summed E-state index contributed by atoms with van der Waals surface area (Å²) in [6.07, 6.45) is 5.67. The Morgan fingerprint density at radius 2 is 2.14 bits per heavy atom. The lowest BCUT2D eigenvalue weighted by Crippen LogP contribution is -2.27. The zero-order valence-electron chi connectivity index (χ0n) is 13.2. The summed E-state index contributed by atoms with van der Waals surface area (Å²) in [6, 6.07) is 0. The number of aryl methyl sites for hydroxylation is 1. The van der Waals surface area contributed by atoms with Gasteiger partial charge in [0.15, 0.2) is 5.01 Å². The lowest BCUT2D eigenvalue weighted by Gasteiger charge is -2.19. The summed E-state index contributed by atoms with van der Waals surface area (Å²) in [5, 5.41) is 0.618. The van der Waals surface area contributed by atoms with E-state index in [1.54, 1.807) is 30.3 Å². The van der Waals surface area contributed by atoms with Crippen LogP contribution >= 0.6 is 11.3 Å². The number of rotatable bonds is 3. The monoisotopic (exact) mass is 319 g/mol. The second kappa shape index (κ2) is 6.18. The fourth-order valence-electron chi connectivity index (χ4n) is 2.60. The van der Waals surface area contributed by atoms with Crippen molar-refractivity contribution in [1.82, 2.24) is 24.3 Å². The van der Waals surface area contributed by atoms with Crippen LogP contribution in [0.1, 0.15) is 26.2 Å². The Bertz CT molecular complexity index is 650. The molecule has 0 aliphatic carbocycles. The van der Waals surface area contributed by atoms with Crippen LogP contribution in [0.4, 0.5) is 0 Å². The molecular weight excluding hydrogens is 298 g/mol. The highest BCUT2D eigenvalue weighted by Gasteiger charge is 2.22. The average molecular weight is 319 g/mol. The molecular formula is C15H21N5OS. The maximum atomic E-state index is 12.0. The molecule has 1 aliphatic heterocycles. The van der Waals surface area contributed by atoms with Crippen molar-refractivity contribution in [1.29, 1.82) is 0 Å². The summed E-state index contributed by atoms with van der Waals surface area (Å²) in [5.74, 6) is 1.09. The van der Waals surface area contributed by atoms with Gasteiger partial charge in [0.2, 0.25) is 0 Å². The molecule has 22 heavy (non-hydrogen) atoms. The minimum atomic E-state index is 0.00272. The predicted molar refractivity (Wildman–Crippen MR) is 86.0 cm³/mol. The highest BCUT2D eigenvalue weighted by Crippen LogP contribution is 2.24. The Morgan fingerprint density at radius 3 is 2.82 bits per heavy atom. The quantitative estimate of drug-likeness (QED) is 0.852. The summed E-state index contributed by atoms with van der Waals surface area (Å²) >= 11 is 1.55. The normalized spacial score (nSPS) is 15.4. The van der Waals surface area contributed by atoms with Gasteiger partial charge in [-0.3, -0.25) is 9.69 Å². The van der Waals surface area contributed by atoms with Crippen molar-refractivity contribution in [2.24, 2.45) is 7.05 Å². The Hall–Kier alpha value is -1.73. The Morgan fingerprint density at radius 1 is 1.36 bits per heavy atom. The fourth-order valence-corrected chi connectivity index (χ4v) is 3.72. The smallest absolute Gasteiger partial charge is 0.282 e. The topological polar surface area (TPSA) is 54.3 Å². The van der Waals surface area contributed by atoms with E-state index >= 15 is 0 Å². The van der Waals surface area contributed by atoms with E-state index < -0.39 is 0 Å². The molecule has 0 saturated carbocycles. The number of thiazole rings is 1. The van der Waals surface area contributed by atoms with Crippen LogP contribution in [0.25, 0.3) is 0 Å². The van der Waals surface area contributed by atoms with Gasteiger partial charge in [-0.2, -0.15) is 0 Å². The van der Waals surface area contributed by atoms with Crippen molar-refractivity contribution >= 4 is 17.2 Å². The number of aromatic nitrogens is 3. The molecule has 6 nitrogen and oxygen atoms in total. The van der Waals surface area contributed by atoms with Crippen LogP contribution in [0.2, 0.25) is 0 Å². The van der Waals surface area contributed by atoms with Crippen molar-refractivity contribution in [2.75, 3.05) is 27.2 Å². The van der Waals surface area contributed by atoms with Gasteiger partial charge in [0.25, 0.3) is 5.91 Å². The molecule has 3 heterocycles. The molecule has 0 spiro atoms. The number of hydrogen-bond acceptors (Lipinski definition) is 5. The van der Waals surface area contributed by atoms with Crippen LogP contribution in [-0.2, 0) is 26.4 Å². The highest BCUT2D eigenvalue weighted by atomic mass is 32.1. The van der Waals surface area contributed by atoms with Gasteiger partial charge >= 0.3 is 0 Å². The third-order valence-electron chi connectivity index (χ3n) is 3.97. The van der Waals surface area contributed by atoms with Crippen molar-refractivity contribution < 1.29 is 4.79 Å². The van der Waals surface area contributed by atoms with E-state index in [1.807, 2.05) is 19.4 Å². The Balaban J connectivity index is 1.68. The number of fused-ring (bicyclic) bond motifs is 1. The molecule has 2 aromatic rings. The van der Waals surface area contributed by atoms with E-state index in [2.05, 4.69) is 19.4 Å². The number of imidazole rings is 1. The standard InChI is InChI=1S/C15H21N5OS/c1-18(2)15(21)14-17-11-4-7-20(8-5-12(11)22-14)10-13-16-6-9-19(13)3/h6,9H,4-5,7-8,10H2,1-3H3. The molecule has 0 atom stereocenters. The first-order valence-electron chi connectivity index (χ1n) is 7.43. The SMILES string of the molecule is CN(C)C(=O)c1nc2c(s1)CCN(Cc1nccn1C)CC2. The van der Waals surface area contributed by atoms with Crippen LogP contribution < -0.4 is 0 Å². The molecule has 0 fully saturated rings. The summed E-state index contributed by atoms with van der Waals surface area (Å²) in [4.78, 5) is 26.2. The van der Waals surface area contributed by atoms with Crippen LogP contribution in [0.5, 0.6) is 0 Å². The number of nitrogens with zero attached hydrogens (tertiary/aromatic N) is 5. The summed E-state index contributed by atoms with van der Waals surface area (Å²) in [6.45, 7) is 2.80. The third-order valence-corrected chi connectivity index (χ3v) is 5.12. The van der Waals surface area contributed by atoms with Crippen LogP contribution in [0, 0.1) is 0 Å². The molecule has 3 rings (SSSR count). The van der Waals surface area contributed by atoms with Gasteiger partial charge in [0.05, 0.1) is 12.2 Å². The van der Waals surface area contributed by atoms with Crippen molar-refractivity contribution in [3.63, 3.8) is 0 Å². The minimum Gasteiger partial charge on any atom is -0.343 e. The number of carbonyl (C=O) groups excluding carboxylic acids is 1.